The summed E-state index contributed by atoms with van der Waals surface area (Å²) < 4.78 is 5.51. The number of rotatable bonds is 7. The molecule has 0 spiro atoms. The van der Waals surface area contributed by atoms with Crippen molar-refractivity contribution in [3.63, 3.8) is 0 Å². The summed E-state index contributed by atoms with van der Waals surface area (Å²) >= 11 is 0. The average Bonchev–Trinajstić information content (AvgIpc) is 2.45. The summed E-state index contributed by atoms with van der Waals surface area (Å²) in [5, 5.41) is 6.12. The Hall–Kier alpha value is -1.64. The van der Waals surface area contributed by atoms with Crippen LogP contribution in [0, 0.1) is 0 Å². The van der Waals surface area contributed by atoms with Crippen LogP contribution in [0.4, 0.5) is 0 Å². The van der Waals surface area contributed by atoms with Crippen molar-refractivity contribution in [2.45, 2.75) is 19.9 Å². The van der Waals surface area contributed by atoms with Gasteiger partial charge in [0.15, 0.2) is 0 Å². The quantitative estimate of drug-likeness (QED) is 0.604. The average molecular weight is 269 g/mol. The van der Waals surface area contributed by atoms with Gasteiger partial charge in [0.2, 0.25) is 0 Å². The number of benzene rings is 2. The highest BCUT2D eigenvalue weighted by molar-refractivity contribution is 5.86. The first kappa shape index (κ1) is 14.8. The lowest BCUT2D eigenvalue weighted by Crippen LogP contribution is -2.23. The van der Waals surface area contributed by atoms with E-state index in [1.165, 1.54) is 16.3 Å². The molecule has 1 N–H and O–H groups in total. The minimum absolute atomic E-state index is 0.314. The molecule has 0 aromatic heterocycles. The molecule has 0 fully saturated rings. The van der Waals surface area contributed by atoms with Crippen LogP contribution in [0.1, 0.15) is 25.5 Å². The van der Waals surface area contributed by atoms with Gasteiger partial charge in [-0.1, -0.05) is 54.6 Å². The van der Waals surface area contributed by atoms with Crippen LogP contribution in [0.5, 0.6) is 0 Å². The molecular formula is C18H23NO. The molecule has 0 aliphatic rings. The van der Waals surface area contributed by atoms with Gasteiger partial charge in [-0.15, -0.1) is 0 Å². The third-order valence-electron chi connectivity index (χ3n) is 3.34. The summed E-state index contributed by atoms with van der Waals surface area (Å²) in [6, 6.07) is 15.3. The summed E-state index contributed by atoms with van der Waals surface area (Å²) in [5.41, 5.74) is 2.40. The van der Waals surface area contributed by atoms with E-state index in [9.17, 15) is 0 Å². The Kier molecular flexibility index (Phi) is 5.33. The van der Waals surface area contributed by atoms with Gasteiger partial charge in [-0.3, -0.25) is 0 Å². The standard InChI is InChI=1S/C18H23NO/c1-14(2)13-20-12-11-19-15(3)17-10-6-8-16-7-4-5-9-18(16)17/h4-10,15,19H,1,11-13H2,2-3H3. The molecule has 2 aromatic rings. The molecule has 20 heavy (non-hydrogen) atoms. The molecule has 106 valence electrons. The summed E-state index contributed by atoms with van der Waals surface area (Å²) in [6.07, 6.45) is 0. The molecule has 0 aliphatic heterocycles. The fourth-order valence-corrected chi connectivity index (χ4v) is 2.33. The Morgan fingerprint density at radius 3 is 2.75 bits per heavy atom. The maximum atomic E-state index is 5.51. The predicted octanol–water partition coefficient (Wildman–Crippen LogP) is 4.08. The van der Waals surface area contributed by atoms with Gasteiger partial charge < -0.3 is 10.1 Å². The van der Waals surface area contributed by atoms with E-state index in [4.69, 9.17) is 4.74 Å². The zero-order valence-electron chi connectivity index (χ0n) is 12.4. The molecule has 0 aliphatic carbocycles. The fraction of sp³-hybridized carbons (Fsp3) is 0.333. The van der Waals surface area contributed by atoms with Gasteiger partial charge in [0.05, 0.1) is 13.2 Å². The molecule has 1 atom stereocenters. The van der Waals surface area contributed by atoms with Crippen molar-refractivity contribution in [3.05, 3.63) is 60.2 Å². The Labute approximate surface area is 121 Å². The van der Waals surface area contributed by atoms with Crippen molar-refractivity contribution in [1.82, 2.24) is 5.32 Å². The lowest BCUT2D eigenvalue weighted by atomic mass is 10.00. The minimum atomic E-state index is 0.314. The largest absolute Gasteiger partial charge is 0.376 e. The zero-order valence-corrected chi connectivity index (χ0v) is 12.4. The maximum absolute atomic E-state index is 5.51. The molecule has 1 unspecified atom stereocenters. The highest BCUT2D eigenvalue weighted by atomic mass is 16.5. The van der Waals surface area contributed by atoms with E-state index >= 15 is 0 Å². The lowest BCUT2D eigenvalue weighted by Gasteiger charge is -2.16. The van der Waals surface area contributed by atoms with Crippen molar-refractivity contribution in [2.75, 3.05) is 19.8 Å². The van der Waals surface area contributed by atoms with Gasteiger partial charge in [-0.05, 0) is 30.2 Å². The van der Waals surface area contributed by atoms with Gasteiger partial charge >= 0.3 is 0 Å². The third-order valence-corrected chi connectivity index (χ3v) is 3.34. The smallest absolute Gasteiger partial charge is 0.0672 e. The van der Waals surface area contributed by atoms with Crippen molar-refractivity contribution < 1.29 is 4.74 Å². The predicted molar refractivity (Wildman–Crippen MR) is 86.0 cm³/mol. The molecule has 0 radical (unpaired) electrons. The van der Waals surface area contributed by atoms with Gasteiger partial charge in [0, 0.05) is 12.6 Å². The Morgan fingerprint density at radius 1 is 1.20 bits per heavy atom. The van der Waals surface area contributed by atoms with Crippen LogP contribution in [0.25, 0.3) is 10.8 Å². The van der Waals surface area contributed by atoms with Crippen LogP contribution in [-0.2, 0) is 4.74 Å². The molecule has 0 bridgehead atoms. The highest BCUT2D eigenvalue weighted by Crippen LogP contribution is 2.23. The van der Waals surface area contributed by atoms with Crippen molar-refractivity contribution >= 4 is 10.8 Å². The van der Waals surface area contributed by atoms with Crippen LogP contribution in [0.15, 0.2) is 54.6 Å². The fourth-order valence-electron chi connectivity index (χ4n) is 2.33. The Morgan fingerprint density at radius 2 is 1.95 bits per heavy atom. The molecule has 2 aromatic carbocycles. The van der Waals surface area contributed by atoms with Gasteiger partial charge in [0.1, 0.15) is 0 Å². The van der Waals surface area contributed by atoms with Gasteiger partial charge in [-0.25, -0.2) is 0 Å². The number of nitrogens with one attached hydrogen (secondary N) is 1. The maximum Gasteiger partial charge on any atom is 0.0672 e. The number of hydrogen-bond donors (Lipinski definition) is 1. The molecule has 0 saturated heterocycles. The van der Waals surface area contributed by atoms with Gasteiger partial charge in [0.25, 0.3) is 0 Å². The summed E-state index contributed by atoms with van der Waals surface area (Å²) in [5.74, 6) is 0. The number of hydrogen-bond acceptors (Lipinski definition) is 2. The molecule has 0 amide bonds. The van der Waals surface area contributed by atoms with Gasteiger partial charge in [-0.2, -0.15) is 0 Å². The van der Waals surface area contributed by atoms with E-state index in [1.807, 2.05) is 6.92 Å². The monoisotopic (exact) mass is 269 g/mol. The molecule has 2 nitrogen and oxygen atoms in total. The van der Waals surface area contributed by atoms with E-state index in [1.54, 1.807) is 0 Å². The molecule has 0 heterocycles. The lowest BCUT2D eigenvalue weighted by molar-refractivity contribution is 0.156. The van der Waals surface area contributed by atoms with E-state index in [0.29, 0.717) is 19.3 Å². The molecule has 2 heteroatoms. The first-order chi connectivity index (χ1) is 9.68. The summed E-state index contributed by atoms with van der Waals surface area (Å²) in [6.45, 7) is 10.2. The summed E-state index contributed by atoms with van der Waals surface area (Å²) in [7, 11) is 0. The number of fused-ring (bicyclic) bond motifs is 1. The van der Waals surface area contributed by atoms with Crippen LogP contribution in [0.3, 0.4) is 0 Å². The Balaban J connectivity index is 1.94. The normalized spacial score (nSPS) is 12.5. The first-order valence-corrected chi connectivity index (χ1v) is 7.11. The van der Waals surface area contributed by atoms with Crippen LogP contribution < -0.4 is 5.32 Å². The minimum Gasteiger partial charge on any atom is -0.376 e. The molecule has 2 rings (SSSR count). The molecule has 0 saturated carbocycles. The van der Waals surface area contributed by atoms with Crippen LogP contribution >= 0.6 is 0 Å². The van der Waals surface area contributed by atoms with E-state index in [0.717, 1.165) is 12.1 Å². The van der Waals surface area contributed by atoms with E-state index in [2.05, 4.69) is 61.3 Å². The second-order valence-electron chi connectivity index (χ2n) is 5.25. The van der Waals surface area contributed by atoms with Crippen molar-refractivity contribution in [3.8, 4) is 0 Å². The van der Waals surface area contributed by atoms with Crippen molar-refractivity contribution in [2.24, 2.45) is 0 Å². The van der Waals surface area contributed by atoms with Crippen LogP contribution in [0.2, 0.25) is 0 Å². The second-order valence-corrected chi connectivity index (χ2v) is 5.25. The van der Waals surface area contributed by atoms with E-state index < -0.39 is 0 Å². The molecular weight excluding hydrogens is 246 g/mol. The zero-order chi connectivity index (χ0) is 14.4. The van der Waals surface area contributed by atoms with Crippen molar-refractivity contribution in [1.29, 1.82) is 0 Å². The second kappa shape index (κ2) is 7.22. The Bertz CT molecular complexity index is 571. The van der Waals surface area contributed by atoms with Crippen LogP contribution in [-0.4, -0.2) is 19.8 Å². The summed E-state index contributed by atoms with van der Waals surface area (Å²) in [4.78, 5) is 0. The SMILES string of the molecule is C=C(C)COCCNC(C)c1cccc2ccccc12. The highest BCUT2D eigenvalue weighted by Gasteiger charge is 2.07. The third kappa shape index (κ3) is 3.92. The topological polar surface area (TPSA) is 21.3 Å². The number of ether oxygens (including phenoxy) is 1. The van der Waals surface area contributed by atoms with E-state index in [-0.39, 0.29) is 0 Å². The first-order valence-electron chi connectivity index (χ1n) is 7.11.